The topological polar surface area (TPSA) is 79.3 Å². The summed E-state index contributed by atoms with van der Waals surface area (Å²) in [5.74, 6) is 0.641. The summed E-state index contributed by atoms with van der Waals surface area (Å²) in [6, 6.07) is 6.59. The Bertz CT molecular complexity index is 463. The van der Waals surface area contributed by atoms with Crippen molar-refractivity contribution in [2.45, 2.75) is 31.6 Å². The van der Waals surface area contributed by atoms with Gasteiger partial charge in [-0.05, 0) is 32.0 Å². The van der Waals surface area contributed by atoms with Crippen LogP contribution in [0, 0.1) is 11.3 Å². The molecule has 2 rings (SSSR count). The fraction of sp³-hybridized carbons (Fsp3) is 0.417. The van der Waals surface area contributed by atoms with Crippen molar-refractivity contribution in [2.24, 2.45) is 5.73 Å². The maximum atomic E-state index is 9.98. The van der Waals surface area contributed by atoms with Crippen LogP contribution in [0.2, 0.25) is 0 Å². The minimum absolute atomic E-state index is 0.518. The maximum absolute atomic E-state index is 9.98. The van der Waals surface area contributed by atoms with Crippen molar-refractivity contribution in [3.8, 4) is 11.8 Å². The van der Waals surface area contributed by atoms with E-state index in [1.807, 2.05) is 6.07 Å². The standard InChI is InChI=1S/C12H14N2O2/c1-12(2)11(15)10(14)8-5-7(6-13)3-4-9(8)16-12/h3-5,10-11,15H,14H2,1-2H3/t10-,11-/m0/s1. The third kappa shape index (κ3) is 1.54. The molecule has 0 saturated carbocycles. The summed E-state index contributed by atoms with van der Waals surface area (Å²) in [5.41, 5.74) is 6.45. The lowest BCUT2D eigenvalue weighted by Crippen LogP contribution is -2.51. The molecule has 1 aromatic carbocycles. The lowest BCUT2D eigenvalue weighted by Gasteiger charge is -2.40. The number of nitriles is 1. The Kier molecular flexibility index (Phi) is 2.38. The van der Waals surface area contributed by atoms with Gasteiger partial charge < -0.3 is 15.6 Å². The summed E-state index contributed by atoms with van der Waals surface area (Å²) in [7, 11) is 0. The van der Waals surface area contributed by atoms with E-state index < -0.39 is 17.7 Å². The molecule has 4 heteroatoms. The van der Waals surface area contributed by atoms with E-state index >= 15 is 0 Å². The molecule has 4 nitrogen and oxygen atoms in total. The van der Waals surface area contributed by atoms with E-state index in [1.165, 1.54) is 0 Å². The normalized spacial score (nSPS) is 26.4. The van der Waals surface area contributed by atoms with Crippen LogP contribution >= 0.6 is 0 Å². The van der Waals surface area contributed by atoms with Gasteiger partial charge in [-0.3, -0.25) is 0 Å². The van der Waals surface area contributed by atoms with Crippen LogP contribution in [0.4, 0.5) is 0 Å². The van der Waals surface area contributed by atoms with Crippen LogP contribution in [0.15, 0.2) is 18.2 Å². The molecule has 0 aliphatic carbocycles. The van der Waals surface area contributed by atoms with Gasteiger partial charge in [-0.2, -0.15) is 5.26 Å². The fourth-order valence-electron chi connectivity index (χ4n) is 1.92. The van der Waals surface area contributed by atoms with E-state index in [0.717, 1.165) is 0 Å². The first-order chi connectivity index (χ1) is 7.45. The first-order valence-electron chi connectivity index (χ1n) is 5.12. The molecule has 0 amide bonds. The Balaban J connectivity index is 2.52. The van der Waals surface area contributed by atoms with E-state index in [-0.39, 0.29) is 0 Å². The van der Waals surface area contributed by atoms with Gasteiger partial charge in [-0.15, -0.1) is 0 Å². The monoisotopic (exact) mass is 218 g/mol. The van der Waals surface area contributed by atoms with E-state index in [2.05, 4.69) is 0 Å². The van der Waals surface area contributed by atoms with Crippen LogP contribution in [-0.2, 0) is 0 Å². The highest BCUT2D eigenvalue weighted by atomic mass is 16.5. The summed E-state index contributed by atoms with van der Waals surface area (Å²) in [4.78, 5) is 0. The van der Waals surface area contributed by atoms with Gasteiger partial charge in [0.1, 0.15) is 17.5 Å². The molecular formula is C12H14N2O2. The minimum atomic E-state index is -0.783. The molecule has 16 heavy (non-hydrogen) atoms. The maximum Gasteiger partial charge on any atom is 0.131 e. The number of aliphatic hydroxyl groups excluding tert-OH is 1. The van der Waals surface area contributed by atoms with Crippen LogP contribution in [0.25, 0.3) is 0 Å². The molecule has 84 valence electrons. The number of ether oxygens (including phenoxy) is 1. The number of nitrogens with zero attached hydrogens (tertiary/aromatic N) is 1. The van der Waals surface area contributed by atoms with Crippen molar-refractivity contribution in [3.05, 3.63) is 29.3 Å². The summed E-state index contributed by atoms with van der Waals surface area (Å²) in [5, 5.41) is 18.8. The molecule has 0 radical (unpaired) electrons. The zero-order valence-corrected chi connectivity index (χ0v) is 9.27. The van der Waals surface area contributed by atoms with E-state index in [9.17, 15) is 5.11 Å². The minimum Gasteiger partial charge on any atom is -0.485 e. The molecule has 0 fully saturated rings. The number of hydrogen-bond acceptors (Lipinski definition) is 4. The van der Waals surface area contributed by atoms with Crippen molar-refractivity contribution in [1.82, 2.24) is 0 Å². The molecule has 0 bridgehead atoms. The second kappa shape index (κ2) is 3.48. The van der Waals surface area contributed by atoms with Gasteiger partial charge in [0, 0.05) is 5.56 Å². The van der Waals surface area contributed by atoms with E-state index in [1.54, 1.807) is 32.0 Å². The Morgan fingerprint density at radius 3 is 2.81 bits per heavy atom. The van der Waals surface area contributed by atoms with Gasteiger partial charge in [0.15, 0.2) is 0 Å². The Labute approximate surface area is 94.3 Å². The number of benzene rings is 1. The van der Waals surface area contributed by atoms with Gasteiger partial charge in [-0.25, -0.2) is 0 Å². The lowest BCUT2D eigenvalue weighted by atomic mass is 9.86. The van der Waals surface area contributed by atoms with Gasteiger partial charge in [0.2, 0.25) is 0 Å². The third-order valence-electron chi connectivity index (χ3n) is 2.92. The molecule has 3 N–H and O–H groups in total. The quantitative estimate of drug-likeness (QED) is 0.683. The number of hydrogen-bond donors (Lipinski definition) is 2. The van der Waals surface area contributed by atoms with E-state index in [4.69, 9.17) is 15.7 Å². The molecule has 1 heterocycles. The second-order valence-corrected chi connectivity index (χ2v) is 4.54. The highest BCUT2D eigenvalue weighted by molar-refractivity contribution is 5.46. The van der Waals surface area contributed by atoms with Gasteiger partial charge in [0.25, 0.3) is 0 Å². The Morgan fingerprint density at radius 1 is 1.50 bits per heavy atom. The molecule has 1 aliphatic heterocycles. The average molecular weight is 218 g/mol. The molecule has 1 aliphatic rings. The first kappa shape index (κ1) is 10.9. The largest absolute Gasteiger partial charge is 0.485 e. The van der Waals surface area contributed by atoms with Crippen LogP contribution in [0.5, 0.6) is 5.75 Å². The summed E-state index contributed by atoms with van der Waals surface area (Å²) >= 11 is 0. The number of aliphatic hydroxyl groups is 1. The third-order valence-corrected chi connectivity index (χ3v) is 2.92. The zero-order valence-electron chi connectivity index (χ0n) is 9.27. The predicted molar refractivity (Wildman–Crippen MR) is 58.8 cm³/mol. The van der Waals surface area contributed by atoms with Crippen LogP contribution < -0.4 is 10.5 Å². The highest BCUT2D eigenvalue weighted by Crippen LogP contribution is 2.38. The summed E-state index contributed by atoms with van der Waals surface area (Å²) in [6.45, 7) is 3.58. The molecule has 0 unspecified atom stereocenters. The predicted octanol–water partition coefficient (Wildman–Crippen LogP) is 1.09. The lowest BCUT2D eigenvalue weighted by molar-refractivity contribution is -0.0571. The van der Waals surface area contributed by atoms with Crippen molar-refractivity contribution in [3.63, 3.8) is 0 Å². The smallest absolute Gasteiger partial charge is 0.131 e. The molecule has 0 spiro atoms. The molecular weight excluding hydrogens is 204 g/mol. The van der Waals surface area contributed by atoms with Crippen molar-refractivity contribution >= 4 is 0 Å². The first-order valence-corrected chi connectivity index (χ1v) is 5.12. The van der Waals surface area contributed by atoms with Gasteiger partial charge in [0.05, 0.1) is 17.7 Å². The Morgan fingerprint density at radius 2 is 2.19 bits per heavy atom. The zero-order chi connectivity index (χ0) is 11.9. The summed E-state index contributed by atoms with van der Waals surface area (Å²) < 4.78 is 5.66. The van der Waals surface area contributed by atoms with Crippen LogP contribution in [0.3, 0.4) is 0 Å². The fourth-order valence-corrected chi connectivity index (χ4v) is 1.92. The van der Waals surface area contributed by atoms with Gasteiger partial charge >= 0.3 is 0 Å². The van der Waals surface area contributed by atoms with Crippen LogP contribution in [-0.4, -0.2) is 16.8 Å². The molecule has 0 aromatic heterocycles. The molecule has 2 atom stereocenters. The second-order valence-electron chi connectivity index (χ2n) is 4.54. The SMILES string of the molecule is CC1(C)Oc2ccc(C#N)cc2[C@H](N)[C@@H]1O. The van der Waals surface area contributed by atoms with E-state index in [0.29, 0.717) is 16.9 Å². The Hall–Kier alpha value is -1.57. The number of nitrogens with two attached hydrogens (primary N) is 1. The van der Waals surface area contributed by atoms with Crippen molar-refractivity contribution in [2.75, 3.05) is 0 Å². The number of fused-ring (bicyclic) bond motifs is 1. The number of rotatable bonds is 0. The average Bonchev–Trinajstić information content (AvgIpc) is 2.25. The summed E-state index contributed by atoms with van der Waals surface area (Å²) in [6.07, 6.45) is -0.783. The van der Waals surface area contributed by atoms with Crippen molar-refractivity contribution < 1.29 is 9.84 Å². The molecule has 1 aromatic rings. The highest BCUT2D eigenvalue weighted by Gasteiger charge is 2.41. The molecule has 0 saturated heterocycles. The van der Waals surface area contributed by atoms with Gasteiger partial charge in [-0.1, -0.05) is 0 Å². The van der Waals surface area contributed by atoms with Crippen molar-refractivity contribution in [1.29, 1.82) is 5.26 Å². The van der Waals surface area contributed by atoms with Crippen LogP contribution in [0.1, 0.15) is 31.0 Å².